The number of carbonyl (C=O) groups excluding carboxylic acids is 1. The highest BCUT2D eigenvalue weighted by Gasteiger charge is 2.58. The van der Waals surface area contributed by atoms with Crippen LogP contribution in [-0.4, -0.2) is 40.9 Å². The average molecular weight is 227 g/mol. The van der Waals surface area contributed by atoms with Crippen LogP contribution in [0.2, 0.25) is 0 Å². The third-order valence-electron chi connectivity index (χ3n) is 3.26. The summed E-state index contributed by atoms with van der Waals surface area (Å²) < 4.78 is 11.0. The predicted octanol–water partition coefficient (Wildman–Crippen LogP) is 2.17. The molecule has 92 valence electrons. The van der Waals surface area contributed by atoms with Crippen LogP contribution in [0.25, 0.3) is 0 Å². The molecule has 2 saturated heterocycles. The number of amides is 1. The molecule has 0 aromatic rings. The quantitative estimate of drug-likeness (QED) is 0.596. The normalized spacial score (nSPS) is 37.9. The monoisotopic (exact) mass is 227 g/mol. The van der Waals surface area contributed by atoms with Gasteiger partial charge in [0.15, 0.2) is 0 Å². The van der Waals surface area contributed by atoms with Gasteiger partial charge >= 0.3 is 6.09 Å². The van der Waals surface area contributed by atoms with Crippen LogP contribution >= 0.6 is 0 Å². The highest BCUT2D eigenvalue weighted by molar-refractivity contribution is 5.69. The number of ether oxygens (including phenoxy) is 2. The molecule has 2 heterocycles. The smallest absolute Gasteiger partial charge is 0.410 e. The van der Waals surface area contributed by atoms with E-state index < -0.39 is 5.60 Å². The molecule has 0 aromatic carbocycles. The Morgan fingerprint density at radius 3 is 2.69 bits per heavy atom. The molecule has 4 nitrogen and oxygen atoms in total. The number of hydrogen-bond donors (Lipinski definition) is 0. The zero-order valence-corrected chi connectivity index (χ0v) is 10.7. The topological polar surface area (TPSA) is 42.1 Å². The Kier molecular flexibility index (Phi) is 2.46. The Morgan fingerprint density at radius 1 is 1.50 bits per heavy atom. The van der Waals surface area contributed by atoms with Gasteiger partial charge in [-0.05, 0) is 41.0 Å². The Balaban J connectivity index is 1.97. The maximum Gasteiger partial charge on any atom is 0.410 e. The highest BCUT2D eigenvalue weighted by atomic mass is 16.6. The molecule has 0 saturated carbocycles. The van der Waals surface area contributed by atoms with Crippen LogP contribution in [-0.2, 0) is 9.47 Å². The summed E-state index contributed by atoms with van der Waals surface area (Å²) in [6.07, 6.45) is 0.880. The number of likely N-dealkylation sites (tertiary alicyclic amines) is 1. The Bertz CT molecular complexity index is 310. The van der Waals surface area contributed by atoms with E-state index in [-0.39, 0.29) is 23.8 Å². The van der Waals surface area contributed by atoms with E-state index in [2.05, 4.69) is 6.92 Å². The Labute approximate surface area is 96.9 Å². The minimum absolute atomic E-state index is 0.0118. The zero-order chi connectivity index (χ0) is 12.1. The summed E-state index contributed by atoms with van der Waals surface area (Å²) in [7, 11) is 0. The molecule has 2 aliphatic rings. The van der Waals surface area contributed by atoms with E-state index in [1.807, 2.05) is 27.7 Å². The van der Waals surface area contributed by atoms with Crippen molar-refractivity contribution in [3.8, 4) is 0 Å². The molecule has 0 N–H and O–H groups in total. The van der Waals surface area contributed by atoms with Crippen LogP contribution in [0.5, 0.6) is 0 Å². The minimum Gasteiger partial charge on any atom is -0.444 e. The molecule has 4 heteroatoms. The number of rotatable bonds is 0. The first-order chi connectivity index (χ1) is 7.21. The van der Waals surface area contributed by atoms with E-state index in [9.17, 15) is 4.79 Å². The van der Waals surface area contributed by atoms with E-state index in [4.69, 9.17) is 9.47 Å². The van der Waals surface area contributed by atoms with Crippen LogP contribution < -0.4 is 0 Å². The van der Waals surface area contributed by atoms with Crippen LogP contribution in [0, 0.1) is 0 Å². The summed E-state index contributed by atoms with van der Waals surface area (Å²) in [6.45, 7) is 10.5. The molecular formula is C12H21NO3. The number of fused-ring (bicyclic) bond motifs is 1. The van der Waals surface area contributed by atoms with E-state index in [0.717, 1.165) is 6.42 Å². The molecule has 3 unspecified atom stereocenters. The van der Waals surface area contributed by atoms with Crippen molar-refractivity contribution < 1.29 is 14.3 Å². The van der Waals surface area contributed by atoms with Gasteiger partial charge in [0.05, 0.1) is 12.1 Å². The molecule has 0 aliphatic carbocycles. The standard InChI is InChI=1S/C12H21NO3/c1-8-6-12(5)9(15-12)7-13(8)10(14)16-11(2,3)4/h8-9H,6-7H2,1-5H3. The molecule has 2 rings (SSSR count). The number of carbonyl (C=O) groups is 1. The lowest BCUT2D eigenvalue weighted by Crippen LogP contribution is -2.49. The molecule has 2 fully saturated rings. The van der Waals surface area contributed by atoms with Crippen molar-refractivity contribution >= 4 is 6.09 Å². The average Bonchev–Trinajstić information content (AvgIpc) is 2.69. The Hall–Kier alpha value is -0.770. The third kappa shape index (κ3) is 2.17. The molecular weight excluding hydrogens is 206 g/mol. The van der Waals surface area contributed by atoms with Crippen molar-refractivity contribution in [2.75, 3.05) is 6.54 Å². The second kappa shape index (κ2) is 3.36. The molecule has 16 heavy (non-hydrogen) atoms. The second-order valence-electron chi connectivity index (χ2n) is 6.11. The van der Waals surface area contributed by atoms with Crippen molar-refractivity contribution in [1.82, 2.24) is 4.90 Å². The minimum atomic E-state index is -0.429. The van der Waals surface area contributed by atoms with Crippen molar-refractivity contribution in [2.45, 2.75) is 64.4 Å². The van der Waals surface area contributed by atoms with E-state index in [1.54, 1.807) is 4.90 Å². The van der Waals surface area contributed by atoms with E-state index >= 15 is 0 Å². The van der Waals surface area contributed by atoms with Gasteiger partial charge in [-0.3, -0.25) is 0 Å². The third-order valence-corrected chi connectivity index (χ3v) is 3.26. The van der Waals surface area contributed by atoms with Gasteiger partial charge in [0, 0.05) is 6.04 Å². The molecule has 0 spiro atoms. The summed E-state index contributed by atoms with van der Waals surface area (Å²) in [5.74, 6) is 0. The van der Waals surface area contributed by atoms with Crippen LogP contribution in [0.1, 0.15) is 41.0 Å². The SMILES string of the molecule is CC1CC2(C)OC2CN1C(=O)OC(C)(C)C. The maximum absolute atomic E-state index is 11.9. The highest BCUT2D eigenvalue weighted by Crippen LogP contribution is 2.45. The van der Waals surface area contributed by atoms with Gasteiger partial charge in [0.1, 0.15) is 11.7 Å². The lowest BCUT2D eigenvalue weighted by atomic mass is 9.93. The summed E-state index contributed by atoms with van der Waals surface area (Å²) >= 11 is 0. The summed E-state index contributed by atoms with van der Waals surface area (Å²) in [6, 6.07) is 0.193. The van der Waals surface area contributed by atoms with Crippen LogP contribution in [0.3, 0.4) is 0 Å². The number of hydrogen-bond acceptors (Lipinski definition) is 3. The van der Waals surface area contributed by atoms with Gasteiger partial charge in [-0.2, -0.15) is 0 Å². The van der Waals surface area contributed by atoms with Gasteiger partial charge in [-0.1, -0.05) is 0 Å². The number of epoxide rings is 1. The van der Waals surface area contributed by atoms with Crippen molar-refractivity contribution in [3.63, 3.8) is 0 Å². The molecule has 3 atom stereocenters. The van der Waals surface area contributed by atoms with Gasteiger partial charge in [-0.25, -0.2) is 4.79 Å². The van der Waals surface area contributed by atoms with Crippen molar-refractivity contribution in [1.29, 1.82) is 0 Å². The summed E-state index contributed by atoms with van der Waals surface area (Å²) in [5.41, 5.74) is -0.417. The number of piperidine rings is 1. The van der Waals surface area contributed by atoms with Gasteiger partial charge in [-0.15, -0.1) is 0 Å². The van der Waals surface area contributed by atoms with Crippen molar-refractivity contribution in [3.05, 3.63) is 0 Å². The van der Waals surface area contributed by atoms with Crippen molar-refractivity contribution in [2.24, 2.45) is 0 Å². The number of nitrogens with zero attached hydrogens (tertiary/aromatic N) is 1. The van der Waals surface area contributed by atoms with Crippen LogP contribution in [0.15, 0.2) is 0 Å². The fourth-order valence-corrected chi connectivity index (χ4v) is 2.33. The molecule has 0 aromatic heterocycles. The second-order valence-corrected chi connectivity index (χ2v) is 6.11. The van der Waals surface area contributed by atoms with E-state index in [1.165, 1.54) is 0 Å². The van der Waals surface area contributed by atoms with Gasteiger partial charge in [0.2, 0.25) is 0 Å². The van der Waals surface area contributed by atoms with Crippen LogP contribution in [0.4, 0.5) is 4.79 Å². The van der Waals surface area contributed by atoms with Gasteiger partial charge in [0.25, 0.3) is 0 Å². The Morgan fingerprint density at radius 2 is 2.12 bits per heavy atom. The fraction of sp³-hybridized carbons (Fsp3) is 0.917. The zero-order valence-electron chi connectivity index (χ0n) is 10.7. The predicted molar refractivity (Wildman–Crippen MR) is 60.3 cm³/mol. The fourth-order valence-electron chi connectivity index (χ4n) is 2.33. The summed E-state index contributed by atoms with van der Waals surface area (Å²) in [4.78, 5) is 13.7. The largest absolute Gasteiger partial charge is 0.444 e. The lowest BCUT2D eigenvalue weighted by molar-refractivity contribution is 0.0127. The summed E-state index contributed by atoms with van der Waals surface area (Å²) in [5, 5.41) is 0. The first-order valence-corrected chi connectivity index (χ1v) is 5.89. The molecule has 0 bridgehead atoms. The molecule has 1 amide bonds. The first-order valence-electron chi connectivity index (χ1n) is 5.89. The first kappa shape index (κ1) is 11.7. The van der Waals surface area contributed by atoms with E-state index in [0.29, 0.717) is 6.54 Å². The van der Waals surface area contributed by atoms with Gasteiger partial charge < -0.3 is 14.4 Å². The lowest BCUT2D eigenvalue weighted by Gasteiger charge is -2.35. The molecule has 2 aliphatic heterocycles. The maximum atomic E-state index is 11.9. The molecule has 0 radical (unpaired) electrons.